The van der Waals surface area contributed by atoms with Crippen molar-refractivity contribution >= 4 is 50.9 Å². The third kappa shape index (κ3) is 5.02. The number of amides is 2. The number of esters is 1. The minimum absolute atomic E-state index is 0.262. The van der Waals surface area contributed by atoms with E-state index in [1.807, 2.05) is 24.3 Å². The molecule has 0 aliphatic carbocycles. The summed E-state index contributed by atoms with van der Waals surface area (Å²) in [5.74, 6) is -0.453. The first kappa shape index (κ1) is 20.2. The Labute approximate surface area is 174 Å². The van der Waals surface area contributed by atoms with Gasteiger partial charge in [0.25, 0.3) is 11.1 Å². The molecule has 0 atom stereocenters. The van der Waals surface area contributed by atoms with E-state index in [0.717, 1.165) is 32.3 Å². The maximum absolute atomic E-state index is 12.3. The van der Waals surface area contributed by atoms with E-state index >= 15 is 0 Å². The zero-order chi connectivity index (χ0) is 20.1. The molecule has 1 heterocycles. The molecule has 0 radical (unpaired) electrons. The van der Waals surface area contributed by atoms with Crippen molar-refractivity contribution in [2.75, 3.05) is 13.7 Å². The van der Waals surface area contributed by atoms with Crippen LogP contribution in [-0.2, 0) is 20.9 Å². The fourth-order valence-corrected chi connectivity index (χ4v) is 3.49. The Morgan fingerprint density at radius 3 is 2.43 bits per heavy atom. The third-order valence-electron chi connectivity index (χ3n) is 3.89. The van der Waals surface area contributed by atoms with Gasteiger partial charge < -0.3 is 9.47 Å². The van der Waals surface area contributed by atoms with Crippen LogP contribution in [0.2, 0.25) is 0 Å². The first-order valence-corrected chi connectivity index (χ1v) is 9.86. The fourth-order valence-electron chi connectivity index (χ4n) is 2.39. The molecule has 0 N–H and O–H groups in total. The third-order valence-corrected chi connectivity index (χ3v) is 5.32. The molecule has 0 saturated carbocycles. The van der Waals surface area contributed by atoms with Gasteiger partial charge in [-0.25, -0.2) is 0 Å². The van der Waals surface area contributed by atoms with Gasteiger partial charge in [-0.05, 0) is 53.2 Å². The maximum Gasteiger partial charge on any atom is 0.325 e. The molecule has 28 heavy (non-hydrogen) atoms. The predicted molar refractivity (Wildman–Crippen MR) is 110 cm³/mol. The molecule has 1 fully saturated rings. The highest BCUT2D eigenvalue weighted by Crippen LogP contribution is 2.32. The number of hydrogen-bond donors (Lipinski definition) is 0. The van der Waals surface area contributed by atoms with Crippen LogP contribution in [0.25, 0.3) is 6.08 Å². The van der Waals surface area contributed by atoms with Gasteiger partial charge in [0, 0.05) is 4.47 Å². The van der Waals surface area contributed by atoms with Gasteiger partial charge >= 0.3 is 5.97 Å². The van der Waals surface area contributed by atoms with Crippen molar-refractivity contribution in [2.45, 2.75) is 6.61 Å². The highest BCUT2D eigenvalue weighted by atomic mass is 79.9. The van der Waals surface area contributed by atoms with Gasteiger partial charge in [-0.1, -0.05) is 40.2 Å². The number of nitrogens with zero attached hydrogens (tertiary/aromatic N) is 1. The monoisotopic (exact) mass is 461 g/mol. The second-order valence-electron chi connectivity index (χ2n) is 5.83. The van der Waals surface area contributed by atoms with E-state index in [2.05, 4.69) is 20.7 Å². The van der Waals surface area contributed by atoms with E-state index in [1.165, 1.54) is 7.11 Å². The average molecular weight is 462 g/mol. The van der Waals surface area contributed by atoms with Crippen LogP contribution in [-0.4, -0.2) is 35.7 Å². The molecule has 1 aliphatic heterocycles. The lowest BCUT2D eigenvalue weighted by atomic mass is 10.2. The molecule has 1 saturated heterocycles. The number of carbonyl (C=O) groups is 3. The van der Waals surface area contributed by atoms with Crippen LogP contribution in [0.1, 0.15) is 11.1 Å². The van der Waals surface area contributed by atoms with Gasteiger partial charge in [0.1, 0.15) is 18.9 Å². The van der Waals surface area contributed by atoms with Crippen molar-refractivity contribution in [2.24, 2.45) is 0 Å². The number of thioether (sulfide) groups is 1. The van der Waals surface area contributed by atoms with E-state index < -0.39 is 17.1 Å². The molecule has 3 rings (SSSR count). The first-order chi connectivity index (χ1) is 13.5. The molecule has 144 valence electrons. The van der Waals surface area contributed by atoms with Gasteiger partial charge in [-0.3, -0.25) is 19.3 Å². The Balaban J connectivity index is 1.63. The van der Waals surface area contributed by atoms with E-state index in [0.29, 0.717) is 12.4 Å². The number of imide groups is 1. The number of benzene rings is 2. The second-order valence-corrected chi connectivity index (χ2v) is 7.74. The van der Waals surface area contributed by atoms with Crippen LogP contribution in [0.15, 0.2) is 57.9 Å². The molecule has 8 heteroatoms. The summed E-state index contributed by atoms with van der Waals surface area (Å²) in [5, 5.41) is -0.490. The largest absolute Gasteiger partial charge is 0.489 e. The number of halogens is 1. The molecule has 0 spiro atoms. The number of ether oxygens (including phenoxy) is 2. The summed E-state index contributed by atoms with van der Waals surface area (Å²) in [7, 11) is 1.21. The summed E-state index contributed by atoms with van der Waals surface area (Å²) >= 11 is 4.19. The smallest absolute Gasteiger partial charge is 0.325 e. The Kier molecular flexibility index (Phi) is 6.53. The van der Waals surface area contributed by atoms with Crippen molar-refractivity contribution in [3.63, 3.8) is 0 Å². The SMILES string of the molecule is COC(=O)CN1C(=O)S/C(=C\c2ccc(OCc3ccc(Br)cc3)cc2)C1=O. The first-order valence-electron chi connectivity index (χ1n) is 8.26. The van der Waals surface area contributed by atoms with E-state index in [-0.39, 0.29) is 11.4 Å². The summed E-state index contributed by atoms with van der Waals surface area (Å²) in [5.41, 5.74) is 1.80. The highest BCUT2D eigenvalue weighted by molar-refractivity contribution is 9.10. The normalized spacial score (nSPS) is 15.2. The molecule has 6 nitrogen and oxygen atoms in total. The Morgan fingerprint density at radius 2 is 1.79 bits per heavy atom. The van der Waals surface area contributed by atoms with Crippen LogP contribution >= 0.6 is 27.7 Å². The topological polar surface area (TPSA) is 72.9 Å². The predicted octanol–water partition coefficient (Wildman–Crippen LogP) is 4.24. The molecular weight excluding hydrogens is 446 g/mol. The molecule has 0 unspecified atom stereocenters. The van der Waals surface area contributed by atoms with Gasteiger partial charge in [0.15, 0.2) is 0 Å². The summed E-state index contributed by atoms with van der Waals surface area (Å²) in [6, 6.07) is 15.0. The number of methoxy groups -OCH3 is 1. The summed E-state index contributed by atoms with van der Waals surface area (Å²) in [6.07, 6.45) is 1.61. The lowest BCUT2D eigenvalue weighted by Gasteiger charge is -2.09. The quantitative estimate of drug-likeness (QED) is 0.473. The van der Waals surface area contributed by atoms with Crippen LogP contribution in [0.3, 0.4) is 0 Å². The van der Waals surface area contributed by atoms with Crippen molar-refractivity contribution in [3.05, 3.63) is 69.0 Å². The minimum atomic E-state index is -0.643. The van der Waals surface area contributed by atoms with E-state index in [1.54, 1.807) is 30.3 Å². The highest BCUT2D eigenvalue weighted by Gasteiger charge is 2.36. The molecule has 0 bridgehead atoms. The van der Waals surface area contributed by atoms with Crippen LogP contribution < -0.4 is 4.74 Å². The Hall–Kier alpha value is -2.58. The van der Waals surface area contributed by atoms with E-state index in [9.17, 15) is 14.4 Å². The summed E-state index contributed by atoms with van der Waals surface area (Å²) in [4.78, 5) is 36.7. The van der Waals surface area contributed by atoms with Gasteiger partial charge in [0.05, 0.1) is 12.0 Å². The summed E-state index contributed by atoms with van der Waals surface area (Å²) in [6.45, 7) is 0.0559. The van der Waals surface area contributed by atoms with Crippen molar-refractivity contribution in [1.82, 2.24) is 4.90 Å². The number of rotatable bonds is 6. The molecule has 2 aromatic carbocycles. The van der Waals surface area contributed by atoms with Crippen molar-refractivity contribution in [1.29, 1.82) is 0 Å². The molecule has 2 amide bonds. The molecule has 1 aliphatic rings. The van der Waals surface area contributed by atoms with Crippen molar-refractivity contribution < 1.29 is 23.9 Å². The molecular formula is C20H16BrNO5S. The zero-order valence-corrected chi connectivity index (χ0v) is 17.3. The van der Waals surface area contributed by atoms with Gasteiger partial charge in [-0.2, -0.15) is 0 Å². The average Bonchev–Trinajstić information content (AvgIpc) is 2.96. The van der Waals surface area contributed by atoms with Crippen molar-refractivity contribution in [3.8, 4) is 5.75 Å². The Morgan fingerprint density at radius 1 is 1.11 bits per heavy atom. The van der Waals surface area contributed by atoms with E-state index in [4.69, 9.17) is 4.74 Å². The lowest BCUT2D eigenvalue weighted by Crippen LogP contribution is -2.34. The van der Waals surface area contributed by atoms with Crippen LogP contribution in [0.5, 0.6) is 5.75 Å². The maximum atomic E-state index is 12.3. The standard InChI is InChI=1S/C20H16BrNO5S/c1-26-18(23)11-22-19(24)17(28-20(22)25)10-13-4-8-16(9-5-13)27-12-14-2-6-15(21)7-3-14/h2-10H,11-12H2,1H3/b17-10-. The minimum Gasteiger partial charge on any atom is -0.489 e. The van der Waals surface area contributed by atoms with Gasteiger partial charge in [-0.15, -0.1) is 0 Å². The number of hydrogen-bond acceptors (Lipinski definition) is 6. The van der Waals surface area contributed by atoms with Crippen LogP contribution in [0, 0.1) is 0 Å². The number of carbonyl (C=O) groups excluding carboxylic acids is 3. The molecule has 0 aromatic heterocycles. The van der Waals surface area contributed by atoms with Crippen LogP contribution in [0.4, 0.5) is 4.79 Å². The molecule has 2 aromatic rings. The Bertz CT molecular complexity index is 925. The van der Waals surface area contributed by atoms with Gasteiger partial charge in [0.2, 0.25) is 0 Å². The summed E-state index contributed by atoms with van der Waals surface area (Å²) < 4.78 is 11.3. The lowest BCUT2D eigenvalue weighted by molar-refractivity contribution is -0.143. The fraction of sp³-hybridized carbons (Fsp3) is 0.150. The zero-order valence-electron chi connectivity index (χ0n) is 14.9. The second kappa shape index (κ2) is 9.07.